The van der Waals surface area contributed by atoms with E-state index in [1.165, 1.54) is 6.92 Å². The minimum Gasteiger partial charge on any atom is -0.393 e. The van der Waals surface area contributed by atoms with Crippen LogP contribution in [0.1, 0.15) is 19.8 Å². The molecule has 1 aliphatic carbocycles. The van der Waals surface area contributed by atoms with Crippen LogP contribution >= 0.6 is 0 Å². The standard InChI is InChI=1S/C6H11NO3/c1-5(9)7-10-6(4-8)2-3-6/h8H,2-4H2,1H3,(H,7,9). The number of amides is 1. The summed E-state index contributed by atoms with van der Waals surface area (Å²) in [5.41, 5.74) is 1.75. The molecule has 0 aromatic rings. The first kappa shape index (κ1) is 7.50. The Morgan fingerprint density at radius 2 is 2.40 bits per heavy atom. The Kier molecular flexibility index (Phi) is 1.92. The van der Waals surface area contributed by atoms with Crippen LogP contribution in [0.25, 0.3) is 0 Å². The van der Waals surface area contributed by atoms with Crippen molar-refractivity contribution in [1.82, 2.24) is 5.48 Å². The molecule has 0 spiro atoms. The highest BCUT2D eigenvalue weighted by Crippen LogP contribution is 2.37. The number of nitrogens with one attached hydrogen (secondary N) is 1. The van der Waals surface area contributed by atoms with Crippen LogP contribution < -0.4 is 5.48 Å². The second kappa shape index (κ2) is 2.56. The second-order valence-electron chi connectivity index (χ2n) is 2.60. The van der Waals surface area contributed by atoms with Crippen LogP contribution in [0.15, 0.2) is 0 Å². The summed E-state index contributed by atoms with van der Waals surface area (Å²) in [6.45, 7) is 1.35. The average Bonchev–Trinajstić information content (AvgIpc) is 2.64. The highest BCUT2D eigenvalue weighted by molar-refractivity contribution is 5.71. The summed E-state index contributed by atoms with van der Waals surface area (Å²) in [6.07, 6.45) is 1.65. The van der Waals surface area contributed by atoms with Gasteiger partial charge in [0, 0.05) is 6.92 Å². The lowest BCUT2D eigenvalue weighted by atomic mass is 10.4. The van der Waals surface area contributed by atoms with Gasteiger partial charge in [0.05, 0.1) is 6.61 Å². The molecule has 0 radical (unpaired) electrons. The van der Waals surface area contributed by atoms with Crippen molar-refractivity contribution in [3.63, 3.8) is 0 Å². The number of rotatable bonds is 3. The third-order valence-electron chi connectivity index (χ3n) is 1.51. The van der Waals surface area contributed by atoms with Gasteiger partial charge in [0.2, 0.25) is 5.91 Å². The van der Waals surface area contributed by atoms with Gasteiger partial charge >= 0.3 is 0 Å². The molecule has 0 atom stereocenters. The van der Waals surface area contributed by atoms with E-state index in [2.05, 4.69) is 5.48 Å². The molecule has 0 aromatic carbocycles. The van der Waals surface area contributed by atoms with E-state index in [4.69, 9.17) is 9.94 Å². The van der Waals surface area contributed by atoms with Crippen molar-refractivity contribution >= 4 is 5.91 Å². The van der Waals surface area contributed by atoms with Gasteiger partial charge < -0.3 is 5.11 Å². The number of aliphatic hydroxyl groups excluding tert-OH is 1. The van der Waals surface area contributed by atoms with Gasteiger partial charge in [-0.15, -0.1) is 0 Å². The molecule has 0 saturated heterocycles. The Labute approximate surface area is 59.1 Å². The monoisotopic (exact) mass is 145 g/mol. The molecule has 1 amide bonds. The number of carbonyl (C=O) groups is 1. The maximum absolute atomic E-state index is 10.3. The van der Waals surface area contributed by atoms with Crippen LogP contribution in [0.2, 0.25) is 0 Å². The molecule has 0 unspecified atom stereocenters. The molecule has 4 heteroatoms. The quantitative estimate of drug-likeness (QED) is 0.530. The van der Waals surface area contributed by atoms with E-state index in [0.29, 0.717) is 0 Å². The number of aliphatic hydroxyl groups is 1. The molecule has 1 fully saturated rings. The van der Waals surface area contributed by atoms with E-state index in [9.17, 15) is 4.79 Å². The summed E-state index contributed by atoms with van der Waals surface area (Å²) in [5, 5.41) is 8.69. The number of hydroxylamine groups is 1. The third kappa shape index (κ3) is 1.68. The minimum absolute atomic E-state index is 0.0206. The summed E-state index contributed by atoms with van der Waals surface area (Å²) in [6, 6.07) is 0. The molecule has 1 saturated carbocycles. The van der Waals surface area contributed by atoms with Crippen molar-refractivity contribution in [3.8, 4) is 0 Å². The first-order valence-electron chi connectivity index (χ1n) is 3.24. The van der Waals surface area contributed by atoms with Crippen molar-refractivity contribution in [3.05, 3.63) is 0 Å². The van der Waals surface area contributed by atoms with Crippen molar-refractivity contribution in [2.45, 2.75) is 25.4 Å². The number of carbonyl (C=O) groups excluding carboxylic acids is 1. The molecule has 0 bridgehead atoms. The van der Waals surface area contributed by atoms with Gasteiger partial charge in [-0.25, -0.2) is 5.48 Å². The normalized spacial score (nSPS) is 20.2. The molecular weight excluding hydrogens is 134 g/mol. The third-order valence-corrected chi connectivity index (χ3v) is 1.51. The lowest BCUT2D eigenvalue weighted by molar-refractivity contribution is -0.141. The largest absolute Gasteiger partial charge is 0.393 e. The fraction of sp³-hybridized carbons (Fsp3) is 0.833. The van der Waals surface area contributed by atoms with Crippen molar-refractivity contribution < 1.29 is 14.7 Å². The summed E-state index contributed by atoms with van der Waals surface area (Å²) in [5.74, 6) is -0.236. The molecule has 0 aromatic heterocycles. The van der Waals surface area contributed by atoms with Gasteiger partial charge in [-0.3, -0.25) is 9.63 Å². The van der Waals surface area contributed by atoms with Gasteiger partial charge in [-0.2, -0.15) is 0 Å². The molecular formula is C6H11NO3. The van der Waals surface area contributed by atoms with Crippen molar-refractivity contribution in [1.29, 1.82) is 0 Å². The van der Waals surface area contributed by atoms with Crippen molar-refractivity contribution in [2.75, 3.05) is 6.61 Å². The minimum atomic E-state index is -0.453. The summed E-state index contributed by atoms with van der Waals surface area (Å²) < 4.78 is 0. The van der Waals surface area contributed by atoms with Crippen LogP contribution in [0.5, 0.6) is 0 Å². The van der Waals surface area contributed by atoms with Crippen LogP contribution in [-0.2, 0) is 9.63 Å². The molecule has 2 N–H and O–H groups in total. The van der Waals surface area contributed by atoms with Crippen LogP contribution in [0, 0.1) is 0 Å². The smallest absolute Gasteiger partial charge is 0.240 e. The molecule has 1 rings (SSSR count). The first-order valence-corrected chi connectivity index (χ1v) is 3.24. The fourth-order valence-corrected chi connectivity index (χ4v) is 0.612. The highest BCUT2D eigenvalue weighted by Gasteiger charge is 2.44. The highest BCUT2D eigenvalue weighted by atomic mass is 16.7. The Hall–Kier alpha value is -0.610. The van der Waals surface area contributed by atoms with E-state index in [-0.39, 0.29) is 12.5 Å². The molecule has 0 heterocycles. The maximum atomic E-state index is 10.3. The molecule has 4 nitrogen and oxygen atoms in total. The molecule has 58 valence electrons. The van der Waals surface area contributed by atoms with E-state index in [1.807, 2.05) is 0 Å². The topological polar surface area (TPSA) is 58.6 Å². The SMILES string of the molecule is CC(=O)NOC1(CO)CC1. The molecule has 0 aliphatic heterocycles. The zero-order valence-electron chi connectivity index (χ0n) is 5.89. The predicted octanol–water partition coefficient (Wildman–Crippen LogP) is -0.421. The Balaban J connectivity index is 2.19. The predicted molar refractivity (Wildman–Crippen MR) is 34.0 cm³/mol. The first-order chi connectivity index (χ1) is 4.68. The van der Waals surface area contributed by atoms with E-state index in [1.54, 1.807) is 0 Å². The maximum Gasteiger partial charge on any atom is 0.240 e. The van der Waals surface area contributed by atoms with E-state index >= 15 is 0 Å². The van der Waals surface area contributed by atoms with E-state index < -0.39 is 5.60 Å². The fourth-order valence-electron chi connectivity index (χ4n) is 0.612. The van der Waals surface area contributed by atoms with Crippen molar-refractivity contribution in [2.24, 2.45) is 0 Å². The van der Waals surface area contributed by atoms with Gasteiger partial charge in [0.1, 0.15) is 5.60 Å². The van der Waals surface area contributed by atoms with Gasteiger partial charge in [0.15, 0.2) is 0 Å². The van der Waals surface area contributed by atoms with Gasteiger partial charge in [-0.05, 0) is 12.8 Å². The zero-order chi connectivity index (χ0) is 7.61. The molecule has 10 heavy (non-hydrogen) atoms. The Morgan fingerprint density at radius 1 is 1.80 bits per heavy atom. The Bertz CT molecular complexity index is 142. The van der Waals surface area contributed by atoms with E-state index in [0.717, 1.165) is 12.8 Å². The number of hydrogen-bond donors (Lipinski definition) is 2. The summed E-state index contributed by atoms with van der Waals surface area (Å²) >= 11 is 0. The molecule has 1 aliphatic rings. The average molecular weight is 145 g/mol. The van der Waals surface area contributed by atoms with Gasteiger partial charge in [0.25, 0.3) is 0 Å². The second-order valence-corrected chi connectivity index (χ2v) is 2.60. The van der Waals surface area contributed by atoms with Crippen LogP contribution in [0.3, 0.4) is 0 Å². The van der Waals surface area contributed by atoms with Gasteiger partial charge in [-0.1, -0.05) is 0 Å². The Morgan fingerprint density at radius 3 is 2.70 bits per heavy atom. The summed E-state index contributed by atoms with van der Waals surface area (Å²) in [7, 11) is 0. The van der Waals surface area contributed by atoms with Crippen LogP contribution in [-0.4, -0.2) is 23.2 Å². The number of hydrogen-bond acceptors (Lipinski definition) is 3. The van der Waals surface area contributed by atoms with Crippen LogP contribution in [0.4, 0.5) is 0 Å². The zero-order valence-corrected chi connectivity index (χ0v) is 5.89. The lowest BCUT2D eigenvalue weighted by Gasteiger charge is -2.11. The summed E-state index contributed by atoms with van der Waals surface area (Å²) in [4.78, 5) is 15.2. The lowest BCUT2D eigenvalue weighted by Crippen LogP contribution is -2.31.